The van der Waals surface area contributed by atoms with Crippen molar-refractivity contribution in [2.75, 3.05) is 39.9 Å². The van der Waals surface area contributed by atoms with Gasteiger partial charge in [-0.2, -0.15) is 0 Å². The molecule has 0 aromatic heterocycles. The van der Waals surface area contributed by atoms with Gasteiger partial charge < -0.3 is 19.3 Å². The summed E-state index contributed by atoms with van der Waals surface area (Å²) in [6.45, 7) is 16.4. The van der Waals surface area contributed by atoms with Crippen molar-refractivity contribution in [2.45, 2.75) is 103 Å². The lowest BCUT2D eigenvalue weighted by molar-refractivity contribution is -0.00658. The third-order valence-electron chi connectivity index (χ3n) is 6.12. The van der Waals surface area contributed by atoms with Crippen LogP contribution in [0.2, 0.25) is 0 Å². The predicted octanol–water partition coefficient (Wildman–Crippen LogP) is 4.57. The molecule has 0 aromatic carbocycles. The molecule has 4 nitrogen and oxygen atoms in total. The van der Waals surface area contributed by atoms with Crippen molar-refractivity contribution in [3.63, 3.8) is 0 Å². The molecule has 0 bridgehead atoms. The Kier molecular flexibility index (Phi) is 9.54. The number of rotatable bonds is 11. The summed E-state index contributed by atoms with van der Waals surface area (Å²) in [7, 11) is 2.32. The number of nitrogens with zero attached hydrogens (tertiary/aromatic N) is 2. The van der Waals surface area contributed by atoms with Gasteiger partial charge in [0, 0.05) is 38.4 Å². The average Bonchev–Trinajstić information content (AvgIpc) is 3.14. The topological polar surface area (TPSA) is 24.9 Å². The largest absolute Gasteiger partial charge is 0.379 e. The lowest BCUT2D eigenvalue weighted by atomic mass is 10.0. The van der Waals surface area contributed by atoms with Gasteiger partial charge in [-0.1, -0.05) is 0 Å². The fraction of sp³-hybridized carbons (Fsp3) is 1.00. The van der Waals surface area contributed by atoms with Crippen LogP contribution in [0.15, 0.2) is 0 Å². The fourth-order valence-electron chi connectivity index (χ4n) is 4.80. The molecule has 0 aliphatic carbocycles. The summed E-state index contributed by atoms with van der Waals surface area (Å²) in [5, 5.41) is 0. The molecule has 0 N–H and O–H groups in total. The first kappa shape index (κ1) is 23.1. The molecule has 0 radical (unpaired) electrons. The Hall–Kier alpha value is -0.160. The normalized spacial score (nSPS) is 27.9. The minimum atomic E-state index is -0.000975. The van der Waals surface area contributed by atoms with Crippen LogP contribution in [0, 0.1) is 5.92 Å². The standard InChI is InChI=1S/C23H46N2O2/c1-19(2)26-14-8-12-22-16-20(17-24(22)6)18-25-13-7-10-21(25)11-9-15-27-23(3,4)5/h19-22H,7-18H2,1-6H3/t20?,21-,22?/m0/s1. The molecule has 2 heterocycles. The van der Waals surface area contributed by atoms with Gasteiger partial charge in [0.05, 0.1) is 11.7 Å². The number of ether oxygens (including phenoxy) is 2. The zero-order chi connectivity index (χ0) is 19.9. The first-order valence-corrected chi connectivity index (χ1v) is 11.4. The van der Waals surface area contributed by atoms with Gasteiger partial charge in [-0.3, -0.25) is 0 Å². The molecule has 0 aromatic rings. The van der Waals surface area contributed by atoms with Crippen molar-refractivity contribution < 1.29 is 9.47 Å². The van der Waals surface area contributed by atoms with E-state index in [2.05, 4.69) is 51.5 Å². The molecule has 2 saturated heterocycles. The minimum Gasteiger partial charge on any atom is -0.379 e. The molecule has 27 heavy (non-hydrogen) atoms. The van der Waals surface area contributed by atoms with Crippen LogP contribution in [0.3, 0.4) is 0 Å². The monoisotopic (exact) mass is 382 g/mol. The quantitative estimate of drug-likeness (QED) is 0.489. The summed E-state index contributed by atoms with van der Waals surface area (Å²) >= 11 is 0. The Morgan fingerprint density at radius 2 is 1.74 bits per heavy atom. The van der Waals surface area contributed by atoms with E-state index in [1.54, 1.807) is 0 Å². The lowest BCUT2D eigenvalue weighted by Crippen LogP contribution is -2.35. The van der Waals surface area contributed by atoms with Gasteiger partial charge in [-0.05, 0) is 99.1 Å². The van der Waals surface area contributed by atoms with Gasteiger partial charge in [0.15, 0.2) is 0 Å². The second-order valence-corrected chi connectivity index (χ2v) is 10.2. The summed E-state index contributed by atoms with van der Waals surface area (Å²) < 4.78 is 11.6. The maximum atomic E-state index is 5.91. The van der Waals surface area contributed by atoms with Crippen molar-refractivity contribution in [2.24, 2.45) is 5.92 Å². The van der Waals surface area contributed by atoms with Crippen LogP contribution in [0.25, 0.3) is 0 Å². The van der Waals surface area contributed by atoms with Crippen LogP contribution in [-0.4, -0.2) is 73.5 Å². The van der Waals surface area contributed by atoms with E-state index in [1.807, 2.05) is 0 Å². The van der Waals surface area contributed by atoms with Gasteiger partial charge in [0.25, 0.3) is 0 Å². The average molecular weight is 383 g/mol. The fourth-order valence-corrected chi connectivity index (χ4v) is 4.80. The molecule has 2 unspecified atom stereocenters. The highest BCUT2D eigenvalue weighted by Gasteiger charge is 2.33. The highest BCUT2D eigenvalue weighted by Crippen LogP contribution is 2.29. The maximum absolute atomic E-state index is 5.91. The molecule has 2 rings (SSSR count). The van der Waals surface area contributed by atoms with E-state index in [9.17, 15) is 0 Å². The summed E-state index contributed by atoms with van der Waals surface area (Å²) in [6.07, 6.45) is 9.47. The van der Waals surface area contributed by atoms with Crippen LogP contribution in [0.1, 0.15) is 79.6 Å². The Morgan fingerprint density at radius 3 is 2.44 bits per heavy atom. The summed E-state index contributed by atoms with van der Waals surface area (Å²) in [5.41, 5.74) is -0.000975. The van der Waals surface area contributed by atoms with E-state index in [0.29, 0.717) is 6.10 Å². The molecular formula is C23H46N2O2. The molecule has 2 fully saturated rings. The smallest absolute Gasteiger partial charge is 0.0598 e. The zero-order valence-electron chi connectivity index (χ0n) is 19.0. The van der Waals surface area contributed by atoms with Gasteiger partial charge in [-0.15, -0.1) is 0 Å². The van der Waals surface area contributed by atoms with Crippen molar-refractivity contribution >= 4 is 0 Å². The summed E-state index contributed by atoms with van der Waals surface area (Å²) in [4.78, 5) is 5.39. The third-order valence-corrected chi connectivity index (χ3v) is 6.12. The molecule has 2 aliphatic rings. The van der Waals surface area contributed by atoms with E-state index < -0.39 is 0 Å². The predicted molar refractivity (Wildman–Crippen MR) is 114 cm³/mol. The number of hydrogen-bond acceptors (Lipinski definition) is 4. The summed E-state index contributed by atoms with van der Waals surface area (Å²) in [6, 6.07) is 1.55. The SMILES string of the molecule is CC(C)OCCCC1CC(CN2CCC[C@H]2CCCOC(C)(C)C)CN1C. The van der Waals surface area contributed by atoms with Crippen LogP contribution >= 0.6 is 0 Å². The van der Waals surface area contributed by atoms with E-state index in [0.717, 1.165) is 31.2 Å². The molecule has 0 saturated carbocycles. The molecular weight excluding hydrogens is 336 g/mol. The number of hydrogen-bond donors (Lipinski definition) is 0. The van der Waals surface area contributed by atoms with Crippen molar-refractivity contribution in [3.8, 4) is 0 Å². The van der Waals surface area contributed by atoms with Gasteiger partial charge >= 0.3 is 0 Å². The van der Waals surface area contributed by atoms with Gasteiger partial charge in [-0.25, -0.2) is 0 Å². The molecule has 2 aliphatic heterocycles. The minimum absolute atomic E-state index is 0.000975. The molecule has 3 atom stereocenters. The van der Waals surface area contributed by atoms with Crippen LogP contribution < -0.4 is 0 Å². The Labute approximate surface area is 169 Å². The molecule has 4 heteroatoms. The van der Waals surface area contributed by atoms with Crippen LogP contribution in [0.5, 0.6) is 0 Å². The van der Waals surface area contributed by atoms with Gasteiger partial charge in [0.2, 0.25) is 0 Å². The first-order valence-electron chi connectivity index (χ1n) is 11.4. The van der Waals surface area contributed by atoms with E-state index in [-0.39, 0.29) is 5.60 Å². The summed E-state index contributed by atoms with van der Waals surface area (Å²) in [5.74, 6) is 0.845. The van der Waals surface area contributed by atoms with Crippen LogP contribution in [-0.2, 0) is 9.47 Å². The Balaban J connectivity index is 1.66. The molecule has 0 spiro atoms. The van der Waals surface area contributed by atoms with E-state index in [4.69, 9.17) is 9.47 Å². The van der Waals surface area contributed by atoms with Crippen molar-refractivity contribution in [1.82, 2.24) is 9.80 Å². The molecule has 0 amide bonds. The van der Waals surface area contributed by atoms with Crippen molar-refractivity contribution in [3.05, 3.63) is 0 Å². The highest BCUT2D eigenvalue weighted by atomic mass is 16.5. The maximum Gasteiger partial charge on any atom is 0.0598 e. The van der Waals surface area contributed by atoms with E-state index in [1.165, 1.54) is 64.6 Å². The lowest BCUT2D eigenvalue weighted by Gasteiger charge is -2.28. The Morgan fingerprint density at radius 1 is 1.04 bits per heavy atom. The van der Waals surface area contributed by atoms with Gasteiger partial charge in [0.1, 0.15) is 0 Å². The number of likely N-dealkylation sites (tertiary alicyclic amines) is 2. The second-order valence-electron chi connectivity index (χ2n) is 10.2. The zero-order valence-corrected chi connectivity index (χ0v) is 19.0. The Bertz CT molecular complexity index is 408. The second kappa shape index (κ2) is 11.1. The third kappa shape index (κ3) is 8.81. The van der Waals surface area contributed by atoms with Crippen molar-refractivity contribution in [1.29, 1.82) is 0 Å². The molecule has 160 valence electrons. The van der Waals surface area contributed by atoms with E-state index >= 15 is 0 Å². The first-order chi connectivity index (χ1) is 12.7. The van der Waals surface area contributed by atoms with Crippen LogP contribution in [0.4, 0.5) is 0 Å². The highest BCUT2D eigenvalue weighted by molar-refractivity contribution is 4.88.